The molecular formula is C15H12N2OS. The predicted molar refractivity (Wildman–Crippen MR) is 77.6 cm³/mol. The van der Waals surface area contributed by atoms with Gasteiger partial charge in [0.25, 0.3) is 0 Å². The van der Waals surface area contributed by atoms with E-state index in [-0.39, 0.29) is 5.78 Å². The number of fused-ring (bicyclic) bond motifs is 1. The molecule has 0 saturated heterocycles. The number of benzene rings is 1. The Morgan fingerprint density at radius 3 is 2.68 bits per heavy atom. The Morgan fingerprint density at radius 2 is 1.89 bits per heavy atom. The van der Waals surface area contributed by atoms with Gasteiger partial charge in [-0.25, -0.2) is 9.97 Å². The van der Waals surface area contributed by atoms with Crippen LogP contribution in [0.15, 0.2) is 36.4 Å². The fourth-order valence-corrected chi connectivity index (χ4v) is 2.86. The first-order valence-corrected chi connectivity index (χ1v) is 6.81. The Bertz CT molecular complexity index is 777. The van der Waals surface area contributed by atoms with Gasteiger partial charge in [-0.3, -0.25) is 4.79 Å². The summed E-state index contributed by atoms with van der Waals surface area (Å²) in [6.07, 6.45) is 0. The number of aryl methyl sites for hydroxylation is 1. The van der Waals surface area contributed by atoms with Crippen LogP contribution in [0.25, 0.3) is 22.3 Å². The predicted octanol–water partition coefficient (Wildman–Crippen LogP) is 3.87. The minimum absolute atomic E-state index is 0.0376. The molecule has 0 fully saturated rings. The minimum atomic E-state index is 0.0376. The molecule has 0 N–H and O–H groups in total. The van der Waals surface area contributed by atoms with Gasteiger partial charge >= 0.3 is 0 Å². The highest BCUT2D eigenvalue weighted by molar-refractivity contribution is 7.14. The summed E-state index contributed by atoms with van der Waals surface area (Å²) in [6, 6.07) is 11.9. The maximum atomic E-state index is 11.7. The molecule has 3 nitrogen and oxygen atoms in total. The van der Waals surface area contributed by atoms with Crippen LogP contribution in [0.1, 0.15) is 21.6 Å². The van der Waals surface area contributed by atoms with Crippen molar-refractivity contribution in [3.8, 4) is 11.4 Å². The van der Waals surface area contributed by atoms with Crippen molar-refractivity contribution in [3.05, 3.63) is 46.3 Å². The van der Waals surface area contributed by atoms with Crippen LogP contribution in [0.3, 0.4) is 0 Å². The van der Waals surface area contributed by atoms with Crippen molar-refractivity contribution in [2.75, 3.05) is 0 Å². The third-order valence-electron chi connectivity index (χ3n) is 2.89. The van der Waals surface area contributed by atoms with Crippen LogP contribution in [0.5, 0.6) is 0 Å². The zero-order valence-corrected chi connectivity index (χ0v) is 11.5. The van der Waals surface area contributed by atoms with Crippen molar-refractivity contribution in [2.24, 2.45) is 0 Å². The molecule has 0 aliphatic heterocycles. The first-order chi connectivity index (χ1) is 9.15. The van der Waals surface area contributed by atoms with E-state index in [0.29, 0.717) is 10.6 Å². The lowest BCUT2D eigenvalue weighted by Gasteiger charge is -2.01. The smallest absolute Gasteiger partial charge is 0.172 e. The van der Waals surface area contributed by atoms with Crippen molar-refractivity contribution in [2.45, 2.75) is 13.8 Å². The average molecular weight is 268 g/mol. The molecule has 0 aliphatic rings. The number of Topliss-reactive ketones (excluding diaryl/α,β-unsaturated/α-hetero) is 1. The number of nitrogens with zero attached hydrogens (tertiary/aromatic N) is 2. The topological polar surface area (TPSA) is 42.9 Å². The average Bonchev–Trinajstić information content (AvgIpc) is 2.80. The number of pyridine rings is 1. The molecule has 0 atom stereocenters. The summed E-state index contributed by atoms with van der Waals surface area (Å²) in [5.74, 6) is 0.0376. The maximum Gasteiger partial charge on any atom is 0.172 e. The summed E-state index contributed by atoms with van der Waals surface area (Å²) in [4.78, 5) is 21.4. The van der Waals surface area contributed by atoms with E-state index >= 15 is 0 Å². The molecule has 1 aromatic carbocycles. The van der Waals surface area contributed by atoms with Crippen LogP contribution < -0.4 is 0 Å². The zero-order valence-electron chi connectivity index (χ0n) is 10.7. The second-order valence-electron chi connectivity index (χ2n) is 4.36. The molecule has 3 aromatic rings. The van der Waals surface area contributed by atoms with E-state index in [9.17, 15) is 4.79 Å². The molecule has 4 heteroatoms. The molecule has 0 spiro atoms. The fourth-order valence-electron chi connectivity index (χ4n) is 2.04. The van der Waals surface area contributed by atoms with E-state index in [4.69, 9.17) is 0 Å². The molecule has 94 valence electrons. The Kier molecular flexibility index (Phi) is 2.87. The van der Waals surface area contributed by atoms with Gasteiger partial charge in [0.05, 0.1) is 21.1 Å². The molecule has 0 saturated carbocycles. The van der Waals surface area contributed by atoms with E-state index in [1.54, 1.807) is 6.92 Å². The van der Waals surface area contributed by atoms with Gasteiger partial charge in [0.2, 0.25) is 0 Å². The number of rotatable bonds is 2. The molecule has 0 aliphatic carbocycles. The third-order valence-corrected chi connectivity index (χ3v) is 3.97. The van der Waals surface area contributed by atoms with Crippen molar-refractivity contribution in [1.82, 2.24) is 9.97 Å². The standard InChI is InChI=1S/C15H12N2OS/c1-9(18)15-14(16-10(2)19-15)13-8-7-11-5-3-4-6-12(11)17-13/h3-8H,1-2H3. The molecule has 3 rings (SSSR count). The number of carbonyl (C=O) groups excluding carboxylic acids is 1. The normalized spacial score (nSPS) is 10.8. The summed E-state index contributed by atoms with van der Waals surface area (Å²) in [6.45, 7) is 3.47. The Hall–Kier alpha value is -2.07. The lowest BCUT2D eigenvalue weighted by molar-refractivity contribution is 0.102. The van der Waals surface area contributed by atoms with Crippen molar-refractivity contribution >= 4 is 28.0 Å². The van der Waals surface area contributed by atoms with Crippen molar-refractivity contribution in [3.63, 3.8) is 0 Å². The van der Waals surface area contributed by atoms with Crippen LogP contribution in [0, 0.1) is 6.92 Å². The first kappa shape index (κ1) is 12.0. The lowest BCUT2D eigenvalue weighted by Crippen LogP contribution is -1.94. The van der Waals surface area contributed by atoms with Gasteiger partial charge in [-0.15, -0.1) is 11.3 Å². The highest BCUT2D eigenvalue weighted by atomic mass is 32.1. The number of carbonyl (C=O) groups is 1. The van der Waals surface area contributed by atoms with Crippen LogP contribution in [-0.4, -0.2) is 15.8 Å². The monoisotopic (exact) mass is 268 g/mol. The van der Waals surface area contributed by atoms with Crippen LogP contribution in [0.2, 0.25) is 0 Å². The Morgan fingerprint density at radius 1 is 1.11 bits per heavy atom. The summed E-state index contributed by atoms with van der Waals surface area (Å²) < 4.78 is 0. The molecule has 2 aromatic heterocycles. The SMILES string of the molecule is CC(=O)c1sc(C)nc1-c1ccc2ccccc2n1. The quantitative estimate of drug-likeness (QED) is 0.663. The van der Waals surface area contributed by atoms with Gasteiger partial charge in [0.1, 0.15) is 5.69 Å². The molecule has 0 amide bonds. The number of ketones is 1. The first-order valence-electron chi connectivity index (χ1n) is 5.99. The number of hydrogen-bond acceptors (Lipinski definition) is 4. The van der Waals surface area contributed by atoms with E-state index in [1.807, 2.05) is 43.3 Å². The molecular weight excluding hydrogens is 256 g/mol. The van der Waals surface area contributed by atoms with Gasteiger partial charge in [0, 0.05) is 12.3 Å². The number of hydrogen-bond donors (Lipinski definition) is 0. The Balaban J connectivity index is 2.21. The summed E-state index contributed by atoms with van der Waals surface area (Å²) in [7, 11) is 0. The van der Waals surface area contributed by atoms with Gasteiger partial charge in [0.15, 0.2) is 5.78 Å². The molecule has 0 radical (unpaired) electrons. The third kappa shape index (κ3) is 2.15. The Labute approximate surface area is 115 Å². The number of para-hydroxylation sites is 1. The molecule has 19 heavy (non-hydrogen) atoms. The maximum absolute atomic E-state index is 11.7. The molecule has 0 bridgehead atoms. The van der Waals surface area contributed by atoms with Crippen LogP contribution in [0.4, 0.5) is 0 Å². The van der Waals surface area contributed by atoms with E-state index in [0.717, 1.165) is 21.6 Å². The van der Waals surface area contributed by atoms with E-state index in [2.05, 4.69) is 9.97 Å². The van der Waals surface area contributed by atoms with E-state index in [1.165, 1.54) is 11.3 Å². The fraction of sp³-hybridized carbons (Fsp3) is 0.133. The zero-order chi connectivity index (χ0) is 13.4. The highest BCUT2D eigenvalue weighted by Gasteiger charge is 2.16. The summed E-state index contributed by atoms with van der Waals surface area (Å²) >= 11 is 1.42. The highest BCUT2D eigenvalue weighted by Crippen LogP contribution is 2.28. The van der Waals surface area contributed by atoms with Gasteiger partial charge < -0.3 is 0 Å². The van der Waals surface area contributed by atoms with Gasteiger partial charge in [-0.05, 0) is 19.1 Å². The molecule has 0 unspecified atom stereocenters. The summed E-state index contributed by atoms with van der Waals surface area (Å²) in [5, 5.41) is 1.97. The van der Waals surface area contributed by atoms with Crippen molar-refractivity contribution < 1.29 is 4.79 Å². The second kappa shape index (κ2) is 4.55. The van der Waals surface area contributed by atoms with Gasteiger partial charge in [-0.2, -0.15) is 0 Å². The van der Waals surface area contributed by atoms with Gasteiger partial charge in [-0.1, -0.05) is 24.3 Å². The van der Waals surface area contributed by atoms with Crippen LogP contribution >= 0.6 is 11.3 Å². The minimum Gasteiger partial charge on any atom is -0.294 e. The van der Waals surface area contributed by atoms with E-state index < -0.39 is 0 Å². The largest absolute Gasteiger partial charge is 0.294 e. The lowest BCUT2D eigenvalue weighted by atomic mass is 10.1. The molecule has 2 heterocycles. The van der Waals surface area contributed by atoms with Crippen molar-refractivity contribution in [1.29, 1.82) is 0 Å². The van der Waals surface area contributed by atoms with Crippen LogP contribution in [-0.2, 0) is 0 Å². The second-order valence-corrected chi connectivity index (χ2v) is 5.56. The summed E-state index contributed by atoms with van der Waals surface area (Å²) in [5.41, 5.74) is 2.37. The number of aromatic nitrogens is 2. The number of thiazole rings is 1.